The largest absolute Gasteiger partial charge is 0.481 e. The maximum absolute atomic E-state index is 11.0. The molecule has 76 valence electrons. The monoisotopic (exact) mass is 185 g/mol. The maximum atomic E-state index is 11.0. The van der Waals surface area contributed by atoms with Crippen LogP contribution in [0.4, 0.5) is 0 Å². The summed E-state index contributed by atoms with van der Waals surface area (Å²) in [5.41, 5.74) is -0.920. The smallest absolute Gasteiger partial charge is 0.307 e. The molecule has 0 aromatic rings. The van der Waals surface area contributed by atoms with E-state index in [9.17, 15) is 4.79 Å². The molecule has 2 N–H and O–H groups in total. The fraction of sp³-hybridized carbons (Fsp3) is 0.800. The molecule has 0 amide bonds. The molecular weight excluding hydrogens is 166 g/mol. The summed E-state index contributed by atoms with van der Waals surface area (Å²) in [5.74, 6) is -1.36. The van der Waals surface area contributed by atoms with E-state index in [4.69, 9.17) is 10.5 Å². The molecule has 1 unspecified atom stereocenters. The molecular formula is C10H19NO2. The van der Waals surface area contributed by atoms with Gasteiger partial charge in [0.25, 0.3) is 0 Å². The second-order valence-corrected chi connectivity index (χ2v) is 5.10. The van der Waals surface area contributed by atoms with Crippen LogP contribution >= 0.6 is 0 Å². The first-order valence-electron chi connectivity index (χ1n) is 4.37. The number of carbonyl (C=O) groups is 1. The molecule has 13 heavy (non-hydrogen) atoms. The second kappa shape index (κ2) is 3.48. The standard InChI is InChI=1S/C10H19NO2/c1-9(2,3)7(8(12)13)10(4,5)6-11/h6-7,11H,1-5H3,(H,12,13). The van der Waals surface area contributed by atoms with Crippen LogP contribution in [0.3, 0.4) is 0 Å². The highest BCUT2D eigenvalue weighted by molar-refractivity contribution is 5.78. The summed E-state index contributed by atoms with van der Waals surface area (Å²) < 4.78 is 0. The zero-order valence-corrected chi connectivity index (χ0v) is 9.01. The van der Waals surface area contributed by atoms with Crippen LogP contribution in [0.1, 0.15) is 34.6 Å². The molecule has 0 fully saturated rings. The molecule has 3 nitrogen and oxygen atoms in total. The van der Waals surface area contributed by atoms with Gasteiger partial charge in [-0.3, -0.25) is 4.79 Å². The minimum atomic E-state index is -0.832. The molecule has 0 saturated heterocycles. The zero-order chi connectivity index (χ0) is 10.9. The Bertz CT molecular complexity index is 213. The van der Waals surface area contributed by atoms with E-state index in [2.05, 4.69) is 0 Å². The predicted molar refractivity (Wildman–Crippen MR) is 53.1 cm³/mol. The number of carboxylic acids is 1. The van der Waals surface area contributed by atoms with Crippen molar-refractivity contribution in [3.8, 4) is 0 Å². The van der Waals surface area contributed by atoms with Crippen LogP contribution in [0, 0.1) is 22.2 Å². The van der Waals surface area contributed by atoms with Crippen molar-refractivity contribution in [1.82, 2.24) is 0 Å². The highest BCUT2D eigenvalue weighted by atomic mass is 16.4. The van der Waals surface area contributed by atoms with E-state index in [-0.39, 0.29) is 5.41 Å². The average Bonchev–Trinajstić information content (AvgIpc) is 1.82. The van der Waals surface area contributed by atoms with Crippen LogP contribution in [0.15, 0.2) is 0 Å². The molecule has 1 atom stereocenters. The van der Waals surface area contributed by atoms with Crippen LogP contribution in [0.5, 0.6) is 0 Å². The summed E-state index contributed by atoms with van der Waals surface area (Å²) in [6.07, 6.45) is 1.22. The van der Waals surface area contributed by atoms with Crippen LogP contribution in [-0.4, -0.2) is 17.3 Å². The number of hydrogen-bond acceptors (Lipinski definition) is 2. The molecule has 0 aromatic heterocycles. The number of aliphatic carboxylic acids is 1. The molecule has 3 heteroatoms. The SMILES string of the molecule is CC(C)(C)C(C(=O)O)C(C)(C)C=N. The molecule has 0 saturated carbocycles. The highest BCUT2D eigenvalue weighted by Gasteiger charge is 2.42. The van der Waals surface area contributed by atoms with Gasteiger partial charge in [0.2, 0.25) is 0 Å². The third kappa shape index (κ3) is 2.83. The van der Waals surface area contributed by atoms with Crippen LogP contribution in [-0.2, 0) is 4.79 Å². The van der Waals surface area contributed by atoms with Crippen molar-refractivity contribution in [2.45, 2.75) is 34.6 Å². The number of nitrogens with one attached hydrogen (secondary N) is 1. The van der Waals surface area contributed by atoms with E-state index in [1.54, 1.807) is 13.8 Å². The molecule has 0 heterocycles. The minimum Gasteiger partial charge on any atom is -0.481 e. The Hall–Kier alpha value is -0.860. The predicted octanol–water partition coefficient (Wildman–Crippen LogP) is 2.41. The summed E-state index contributed by atoms with van der Waals surface area (Å²) >= 11 is 0. The summed E-state index contributed by atoms with van der Waals surface area (Å²) in [4.78, 5) is 11.0. The fourth-order valence-electron chi connectivity index (χ4n) is 1.89. The fourth-order valence-corrected chi connectivity index (χ4v) is 1.89. The zero-order valence-electron chi connectivity index (χ0n) is 9.01. The Morgan fingerprint density at radius 2 is 1.69 bits per heavy atom. The van der Waals surface area contributed by atoms with E-state index >= 15 is 0 Å². The van der Waals surface area contributed by atoms with Crippen molar-refractivity contribution in [2.24, 2.45) is 16.7 Å². The lowest BCUT2D eigenvalue weighted by Crippen LogP contribution is -2.41. The minimum absolute atomic E-state index is 0.327. The molecule has 0 aliphatic heterocycles. The quantitative estimate of drug-likeness (QED) is 0.663. The molecule has 0 radical (unpaired) electrons. The first-order chi connectivity index (χ1) is 5.63. The van der Waals surface area contributed by atoms with Gasteiger partial charge in [0.05, 0.1) is 5.92 Å². The van der Waals surface area contributed by atoms with Gasteiger partial charge in [0, 0.05) is 11.6 Å². The molecule has 0 rings (SSSR count). The van der Waals surface area contributed by atoms with Crippen molar-refractivity contribution in [1.29, 1.82) is 5.41 Å². The summed E-state index contributed by atoms with van der Waals surface area (Å²) in [7, 11) is 0. The third-order valence-electron chi connectivity index (χ3n) is 2.23. The highest BCUT2D eigenvalue weighted by Crippen LogP contribution is 2.38. The summed E-state index contributed by atoms with van der Waals surface area (Å²) in [6, 6.07) is 0. The Morgan fingerprint density at radius 1 is 1.31 bits per heavy atom. The van der Waals surface area contributed by atoms with Crippen molar-refractivity contribution < 1.29 is 9.90 Å². The van der Waals surface area contributed by atoms with Crippen molar-refractivity contribution in [3.63, 3.8) is 0 Å². The van der Waals surface area contributed by atoms with Crippen molar-refractivity contribution in [2.75, 3.05) is 0 Å². The van der Waals surface area contributed by atoms with Gasteiger partial charge < -0.3 is 10.5 Å². The lowest BCUT2D eigenvalue weighted by Gasteiger charge is -2.37. The summed E-state index contributed by atoms with van der Waals surface area (Å²) in [6.45, 7) is 9.22. The Morgan fingerprint density at radius 3 is 1.77 bits per heavy atom. The van der Waals surface area contributed by atoms with Gasteiger partial charge >= 0.3 is 5.97 Å². The van der Waals surface area contributed by atoms with Gasteiger partial charge in [-0.2, -0.15) is 0 Å². The average molecular weight is 185 g/mol. The van der Waals surface area contributed by atoms with E-state index in [1.807, 2.05) is 20.8 Å². The number of hydrogen-bond donors (Lipinski definition) is 2. The number of rotatable bonds is 3. The van der Waals surface area contributed by atoms with Gasteiger partial charge in [0.15, 0.2) is 0 Å². The molecule has 0 spiro atoms. The van der Waals surface area contributed by atoms with Gasteiger partial charge in [0.1, 0.15) is 0 Å². The molecule has 0 aliphatic carbocycles. The summed E-state index contributed by atoms with van der Waals surface area (Å²) in [5, 5.41) is 16.3. The van der Waals surface area contributed by atoms with Crippen LogP contribution < -0.4 is 0 Å². The first-order valence-corrected chi connectivity index (χ1v) is 4.37. The van der Waals surface area contributed by atoms with Crippen LogP contribution in [0.2, 0.25) is 0 Å². The number of carboxylic acid groups (broad SMARTS) is 1. The van der Waals surface area contributed by atoms with Gasteiger partial charge in [-0.1, -0.05) is 34.6 Å². The topological polar surface area (TPSA) is 61.1 Å². The first kappa shape index (κ1) is 12.1. The lowest BCUT2D eigenvalue weighted by molar-refractivity contribution is -0.149. The Kier molecular flexibility index (Phi) is 3.25. The van der Waals surface area contributed by atoms with Crippen LogP contribution in [0.25, 0.3) is 0 Å². The van der Waals surface area contributed by atoms with Gasteiger partial charge in [-0.15, -0.1) is 0 Å². The lowest BCUT2D eigenvalue weighted by atomic mass is 9.66. The van der Waals surface area contributed by atoms with Gasteiger partial charge in [-0.05, 0) is 5.41 Å². The Balaban J connectivity index is 5.05. The normalized spacial score (nSPS) is 15.2. The van der Waals surface area contributed by atoms with Crippen molar-refractivity contribution in [3.05, 3.63) is 0 Å². The second-order valence-electron chi connectivity index (χ2n) is 5.10. The van der Waals surface area contributed by atoms with E-state index in [0.29, 0.717) is 0 Å². The van der Waals surface area contributed by atoms with E-state index in [0.717, 1.165) is 0 Å². The Labute approximate surface area is 79.7 Å². The molecule has 0 bridgehead atoms. The van der Waals surface area contributed by atoms with E-state index in [1.165, 1.54) is 6.21 Å². The molecule has 0 aromatic carbocycles. The molecule has 0 aliphatic rings. The van der Waals surface area contributed by atoms with Gasteiger partial charge in [-0.25, -0.2) is 0 Å². The third-order valence-corrected chi connectivity index (χ3v) is 2.23. The maximum Gasteiger partial charge on any atom is 0.307 e. The van der Waals surface area contributed by atoms with E-state index < -0.39 is 17.3 Å². The van der Waals surface area contributed by atoms with Crippen molar-refractivity contribution >= 4 is 12.2 Å².